The normalized spacial score (nSPS) is 20.7. The molecule has 3 fully saturated rings. The summed E-state index contributed by atoms with van der Waals surface area (Å²) in [5.74, 6) is 2.10. The van der Waals surface area contributed by atoms with Gasteiger partial charge >= 0.3 is 0 Å². The van der Waals surface area contributed by atoms with Crippen LogP contribution in [0.1, 0.15) is 69.7 Å². The van der Waals surface area contributed by atoms with Crippen molar-refractivity contribution in [2.45, 2.75) is 82.2 Å². The van der Waals surface area contributed by atoms with Gasteiger partial charge in [0.15, 0.2) is 11.5 Å². The van der Waals surface area contributed by atoms with Crippen LogP contribution in [0.25, 0.3) is 5.65 Å². The van der Waals surface area contributed by atoms with Crippen LogP contribution in [0.4, 0.5) is 5.82 Å². The van der Waals surface area contributed by atoms with Gasteiger partial charge < -0.3 is 4.90 Å². The summed E-state index contributed by atoms with van der Waals surface area (Å²) in [7, 11) is -3.53. The lowest BCUT2D eigenvalue weighted by molar-refractivity contribution is -0.124. The minimum atomic E-state index is -3.53. The van der Waals surface area contributed by atoms with E-state index < -0.39 is 10.0 Å². The number of piperidine rings is 1. The van der Waals surface area contributed by atoms with Crippen LogP contribution < -0.4 is 4.90 Å². The van der Waals surface area contributed by atoms with Gasteiger partial charge in [-0.15, -0.1) is 5.10 Å². The average molecular weight is 536 g/mol. The number of hydrogen-bond acceptors (Lipinski definition) is 6. The quantitative estimate of drug-likeness (QED) is 0.399. The molecule has 2 aliphatic carbocycles. The number of Topliss-reactive ketones (excluding diaryl/α,β-unsaturated/α-hetero) is 1. The highest BCUT2D eigenvalue weighted by Crippen LogP contribution is 2.38. The van der Waals surface area contributed by atoms with Crippen molar-refractivity contribution in [3.05, 3.63) is 53.9 Å². The first-order valence-corrected chi connectivity index (χ1v) is 15.4. The van der Waals surface area contributed by atoms with Crippen molar-refractivity contribution >= 4 is 27.3 Å². The Labute approximate surface area is 225 Å². The predicted molar refractivity (Wildman–Crippen MR) is 147 cm³/mol. The number of fused-ring (bicyclic) bond motifs is 1. The maximum absolute atomic E-state index is 13.6. The fraction of sp³-hybridized carbons (Fsp3) is 0.552. The highest BCUT2D eigenvalue weighted by Gasteiger charge is 2.43. The largest absolute Gasteiger partial charge is 0.356 e. The third kappa shape index (κ3) is 4.75. The fourth-order valence-corrected chi connectivity index (χ4v) is 7.68. The van der Waals surface area contributed by atoms with E-state index in [0.29, 0.717) is 16.5 Å². The number of anilines is 1. The second-order valence-electron chi connectivity index (χ2n) is 11.5. The number of aromatic nitrogens is 3. The molecule has 1 saturated heterocycles. The SMILES string of the molecule is Cc1ccc(S(=O)(=O)N(C2CC2)C2CCN(c3cccc4nc(C(C)C(C)C(=O)C5CC5)nn34)CC2)cc1. The fourth-order valence-electron chi connectivity index (χ4n) is 5.75. The van der Waals surface area contributed by atoms with Crippen molar-refractivity contribution in [3.63, 3.8) is 0 Å². The average Bonchev–Trinajstić information content (AvgIpc) is 3.86. The third-order valence-electron chi connectivity index (χ3n) is 8.59. The Hall–Kier alpha value is -2.78. The third-order valence-corrected chi connectivity index (χ3v) is 10.6. The first kappa shape index (κ1) is 25.5. The maximum Gasteiger partial charge on any atom is 0.243 e. The molecule has 3 aromatic rings. The van der Waals surface area contributed by atoms with Crippen LogP contribution in [0.3, 0.4) is 0 Å². The second-order valence-corrected chi connectivity index (χ2v) is 13.3. The minimum Gasteiger partial charge on any atom is -0.356 e. The molecule has 202 valence electrons. The molecule has 8 nitrogen and oxygen atoms in total. The van der Waals surface area contributed by atoms with E-state index in [0.717, 1.165) is 68.6 Å². The standard InChI is InChI=1S/C29H37N5O3S/c1-19-7-13-25(14-8-19)38(36,37)34(23-11-12-23)24-15-17-32(18-16-24)27-6-4-5-26-30-29(31-33(26)27)21(3)20(2)28(35)22-9-10-22/h4-8,13-14,20-24H,9-12,15-18H2,1-3H3. The molecule has 1 aliphatic heterocycles. The number of carbonyl (C=O) groups is 1. The zero-order valence-electron chi connectivity index (χ0n) is 22.5. The summed E-state index contributed by atoms with van der Waals surface area (Å²) in [4.78, 5) is 20.1. The number of sulfonamides is 1. The number of ketones is 1. The van der Waals surface area contributed by atoms with Crippen molar-refractivity contribution in [2.24, 2.45) is 11.8 Å². The highest BCUT2D eigenvalue weighted by atomic mass is 32.2. The van der Waals surface area contributed by atoms with Gasteiger partial charge in [-0.1, -0.05) is 37.6 Å². The van der Waals surface area contributed by atoms with Crippen molar-refractivity contribution in [3.8, 4) is 0 Å². The van der Waals surface area contributed by atoms with Gasteiger partial charge in [-0.2, -0.15) is 8.82 Å². The van der Waals surface area contributed by atoms with Crippen LogP contribution >= 0.6 is 0 Å². The number of pyridine rings is 1. The zero-order valence-corrected chi connectivity index (χ0v) is 23.3. The van der Waals surface area contributed by atoms with Gasteiger partial charge in [0.25, 0.3) is 0 Å². The number of benzene rings is 1. The van der Waals surface area contributed by atoms with E-state index in [-0.39, 0.29) is 29.8 Å². The number of nitrogens with zero attached hydrogens (tertiary/aromatic N) is 5. The van der Waals surface area contributed by atoms with Gasteiger partial charge in [0, 0.05) is 42.9 Å². The summed E-state index contributed by atoms with van der Waals surface area (Å²) in [5.41, 5.74) is 1.83. The Kier molecular flexibility index (Phi) is 6.54. The Morgan fingerprint density at radius 3 is 2.24 bits per heavy atom. The molecule has 9 heteroatoms. The molecule has 2 atom stereocenters. The summed E-state index contributed by atoms with van der Waals surface area (Å²) in [6.07, 6.45) is 5.43. The summed E-state index contributed by atoms with van der Waals surface area (Å²) >= 11 is 0. The molecule has 2 aromatic heterocycles. The van der Waals surface area contributed by atoms with Gasteiger partial charge in [-0.05, 0) is 69.7 Å². The maximum atomic E-state index is 13.6. The van der Waals surface area contributed by atoms with Crippen LogP contribution in [0.2, 0.25) is 0 Å². The van der Waals surface area contributed by atoms with Crippen LogP contribution in [0, 0.1) is 18.8 Å². The number of carbonyl (C=O) groups excluding carboxylic acids is 1. The molecular weight excluding hydrogens is 498 g/mol. The molecule has 2 unspecified atom stereocenters. The molecule has 0 bridgehead atoms. The van der Waals surface area contributed by atoms with E-state index in [1.54, 1.807) is 12.1 Å². The first-order chi connectivity index (χ1) is 18.2. The van der Waals surface area contributed by atoms with Gasteiger partial charge in [0.2, 0.25) is 10.0 Å². The van der Waals surface area contributed by atoms with E-state index in [4.69, 9.17) is 10.1 Å². The van der Waals surface area contributed by atoms with Gasteiger partial charge in [-0.25, -0.2) is 13.4 Å². The molecule has 6 rings (SSSR count). The van der Waals surface area contributed by atoms with Crippen molar-refractivity contribution in [1.82, 2.24) is 18.9 Å². The summed E-state index contributed by atoms with van der Waals surface area (Å²) in [5, 5.41) is 4.85. The summed E-state index contributed by atoms with van der Waals surface area (Å²) in [6.45, 7) is 7.51. The number of aryl methyl sites for hydroxylation is 1. The van der Waals surface area contributed by atoms with Crippen LogP contribution in [-0.4, -0.2) is 58.3 Å². The molecule has 38 heavy (non-hydrogen) atoms. The predicted octanol–water partition coefficient (Wildman–Crippen LogP) is 4.58. The van der Waals surface area contributed by atoms with Crippen LogP contribution in [0.15, 0.2) is 47.4 Å². The molecule has 0 spiro atoms. The zero-order chi connectivity index (χ0) is 26.6. The highest BCUT2D eigenvalue weighted by molar-refractivity contribution is 7.89. The molecule has 0 N–H and O–H groups in total. The molecule has 0 amide bonds. The molecule has 3 heterocycles. The molecular formula is C29H37N5O3S. The smallest absolute Gasteiger partial charge is 0.243 e. The monoisotopic (exact) mass is 535 g/mol. The Balaban J connectivity index is 1.19. The van der Waals surface area contributed by atoms with Gasteiger partial charge in [0.1, 0.15) is 11.6 Å². The minimum absolute atomic E-state index is 0.00938. The topological polar surface area (TPSA) is 87.9 Å². The number of hydrogen-bond donors (Lipinski definition) is 0. The lowest BCUT2D eigenvalue weighted by atomic mass is 9.89. The van der Waals surface area contributed by atoms with E-state index in [2.05, 4.69) is 11.0 Å². The molecule has 3 aliphatic rings. The number of rotatable bonds is 9. The van der Waals surface area contributed by atoms with E-state index >= 15 is 0 Å². The molecule has 0 radical (unpaired) electrons. The van der Waals surface area contributed by atoms with Crippen LogP contribution in [-0.2, 0) is 14.8 Å². The lowest BCUT2D eigenvalue weighted by Gasteiger charge is -2.38. The molecule has 1 aromatic carbocycles. The molecule has 2 saturated carbocycles. The van der Waals surface area contributed by atoms with Crippen LogP contribution in [0.5, 0.6) is 0 Å². The van der Waals surface area contributed by atoms with Gasteiger partial charge in [-0.3, -0.25) is 4.79 Å². The summed E-state index contributed by atoms with van der Waals surface area (Å²) in [6, 6.07) is 13.3. The van der Waals surface area contributed by atoms with E-state index in [1.165, 1.54) is 0 Å². The Bertz CT molecular complexity index is 1430. The lowest BCUT2D eigenvalue weighted by Crippen LogP contribution is -2.48. The first-order valence-electron chi connectivity index (χ1n) is 14.0. The Morgan fingerprint density at radius 1 is 0.947 bits per heavy atom. The van der Waals surface area contributed by atoms with Crippen molar-refractivity contribution < 1.29 is 13.2 Å². The second kappa shape index (κ2) is 9.75. The van der Waals surface area contributed by atoms with Crippen molar-refractivity contribution in [1.29, 1.82) is 0 Å². The van der Waals surface area contributed by atoms with E-state index in [9.17, 15) is 13.2 Å². The Morgan fingerprint density at radius 2 is 1.61 bits per heavy atom. The van der Waals surface area contributed by atoms with Gasteiger partial charge in [0.05, 0.1) is 4.90 Å². The summed E-state index contributed by atoms with van der Waals surface area (Å²) < 4.78 is 31.0. The van der Waals surface area contributed by atoms with Crippen molar-refractivity contribution in [2.75, 3.05) is 18.0 Å². The van der Waals surface area contributed by atoms with E-state index in [1.807, 2.05) is 53.9 Å².